The zero-order valence-electron chi connectivity index (χ0n) is 8.58. The molecule has 1 aromatic rings. The lowest BCUT2D eigenvalue weighted by molar-refractivity contribution is -0.117. The molecule has 0 aliphatic carbocycles. The molecule has 88 valence electrons. The Balaban J connectivity index is 2.42. The van der Waals surface area contributed by atoms with Crippen molar-refractivity contribution < 1.29 is 4.79 Å². The van der Waals surface area contributed by atoms with E-state index < -0.39 is 0 Å². The van der Waals surface area contributed by atoms with E-state index in [2.05, 4.69) is 22.0 Å². The second-order valence-electron chi connectivity index (χ2n) is 3.75. The normalized spacial score (nSPS) is 19.5. The molecule has 1 unspecified atom stereocenters. The van der Waals surface area contributed by atoms with Crippen LogP contribution < -0.4 is 4.90 Å². The van der Waals surface area contributed by atoms with Gasteiger partial charge in [0.1, 0.15) is 0 Å². The topological polar surface area (TPSA) is 44.1 Å². The van der Waals surface area contributed by atoms with E-state index in [-0.39, 0.29) is 18.2 Å². The number of amides is 1. The molecule has 0 N–H and O–H groups in total. The third-order valence-electron chi connectivity index (χ3n) is 2.56. The molecule has 2 rings (SSSR count). The number of halogens is 3. The highest BCUT2D eigenvalue weighted by Crippen LogP contribution is 2.39. The average molecular weight is 334 g/mol. The van der Waals surface area contributed by atoms with Crippen molar-refractivity contribution >= 4 is 50.7 Å². The summed E-state index contributed by atoms with van der Waals surface area (Å²) in [5, 5.41) is 9.63. The number of carbonyl (C=O) groups is 1. The Labute approximate surface area is 117 Å². The van der Waals surface area contributed by atoms with Gasteiger partial charge in [-0.2, -0.15) is 5.26 Å². The molecule has 3 nitrogen and oxygen atoms in total. The van der Waals surface area contributed by atoms with E-state index in [4.69, 9.17) is 28.5 Å². The number of carbonyl (C=O) groups excluding carboxylic acids is 1. The van der Waals surface area contributed by atoms with Gasteiger partial charge in [0.25, 0.3) is 0 Å². The summed E-state index contributed by atoms with van der Waals surface area (Å²) < 4.78 is 0.750. The monoisotopic (exact) mass is 332 g/mol. The molecule has 1 saturated heterocycles. The summed E-state index contributed by atoms with van der Waals surface area (Å²) in [7, 11) is 0. The molecule has 0 saturated carbocycles. The van der Waals surface area contributed by atoms with Crippen LogP contribution in [0.1, 0.15) is 6.42 Å². The molecule has 1 amide bonds. The van der Waals surface area contributed by atoms with Crippen LogP contribution in [0.15, 0.2) is 16.6 Å². The molecule has 6 heteroatoms. The predicted molar refractivity (Wildman–Crippen MR) is 70.2 cm³/mol. The van der Waals surface area contributed by atoms with Crippen LogP contribution >= 0.6 is 39.1 Å². The van der Waals surface area contributed by atoms with Gasteiger partial charge in [0, 0.05) is 17.4 Å². The van der Waals surface area contributed by atoms with Crippen LogP contribution in [0, 0.1) is 17.2 Å². The summed E-state index contributed by atoms with van der Waals surface area (Å²) in [4.78, 5) is 13.3. The van der Waals surface area contributed by atoms with Crippen LogP contribution in [0.4, 0.5) is 5.69 Å². The highest BCUT2D eigenvalue weighted by Gasteiger charge is 2.32. The van der Waals surface area contributed by atoms with Gasteiger partial charge in [-0.25, -0.2) is 0 Å². The van der Waals surface area contributed by atoms with E-state index in [0.29, 0.717) is 22.3 Å². The Hall–Kier alpha value is -0.760. The summed E-state index contributed by atoms with van der Waals surface area (Å²) in [6.45, 7) is 0.344. The maximum Gasteiger partial charge on any atom is 0.228 e. The van der Waals surface area contributed by atoms with E-state index in [9.17, 15) is 4.79 Å². The number of nitrogens with zero attached hydrogens (tertiary/aromatic N) is 2. The quantitative estimate of drug-likeness (QED) is 0.787. The summed E-state index contributed by atoms with van der Waals surface area (Å²) >= 11 is 15.4. The van der Waals surface area contributed by atoms with Gasteiger partial charge in [0.2, 0.25) is 5.91 Å². The maximum absolute atomic E-state index is 11.8. The molecular weight excluding hydrogens is 327 g/mol. The molecule has 1 aliphatic heterocycles. The van der Waals surface area contributed by atoms with Crippen molar-refractivity contribution in [3.8, 4) is 6.07 Å². The van der Waals surface area contributed by atoms with Crippen molar-refractivity contribution in [3.05, 3.63) is 26.7 Å². The van der Waals surface area contributed by atoms with Gasteiger partial charge in [-0.15, -0.1) is 0 Å². The van der Waals surface area contributed by atoms with Crippen molar-refractivity contribution in [1.82, 2.24) is 0 Å². The fourth-order valence-corrected chi connectivity index (χ4v) is 3.22. The van der Waals surface area contributed by atoms with E-state index in [1.807, 2.05) is 0 Å². The average Bonchev–Trinajstić information content (AvgIpc) is 2.59. The summed E-state index contributed by atoms with van der Waals surface area (Å²) in [5.41, 5.74) is 0.485. The molecule has 0 bridgehead atoms. The standard InChI is InChI=1S/C11H7BrCl2N2O/c12-7-2-8(13)11(9(14)3-7)16-5-6(4-15)1-10(16)17/h2-3,6H,1,5H2. The molecule has 0 spiro atoms. The largest absolute Gasteiger partial charge is 0.308 e. The molecule has 17 heavy (non-hydrogen) atoms. The molecule has 1 fully saturated rings. The number of hydrogen-bond acceptors (Lipinski definition) is 2. The van der Waals surface area contributed by atoms with Crippen LogP contribution in [0.3, 0.4) is 0 Å². The van der Waals surface area contributed by atoms with Crippen LogP contribution in [0.25, 0.3) is 0 Å². The number of anilines is 1. The third-order valence-corrected chi connectivity index (χ3v) is 3.59. The first-order valence-corrected chi connectivity index (χ1v) is 6.42. The van der Waals surface area contributed by atoms with Crippen LogP contribution in [-0.4, -0.2) is 12.5 Å². The van der Waals surface area contributed by atoms with Crippen LogP contribution in [0.2, 0.25) is 10.0 Å². The minimum Gasteiger partial charge on any atom is -0.308 e. The van der Waals surface area contributed by atoms with E-state index in [1.54, 1.807) is 12.1 Å². The van der Waals surface area contributed by atoms with Gasteiger partial charge in [0.15, 0.2) is 0 Å². The lowest BCUT2D eigenvalue weighted by Crippen LogP contribution is -2.25. The highest BCUT2D eigenvalue weighted by atomic mass is 79.9. The van der Waals surface area contributed by atoms with Gasteiger partial charge in [-0.1, -0.05) is 39.1 Å². The maximum atomic E-state index is 11.8. The minimum atomic E-state index is -0.293. The first kappa shape index (κ1) is 12.7. The molecule has 0 aromatic heterocycles. The summed E-state index contributed by atoms with van der Waals surface area (Å²) in [6, 6.07) is 5.44. The fraction of sp³-hybridized carbons (Fsp3) is 0.273. The Kier molecular flexibility index (Phi) is 3.62. The van der Waals surface area contributed by atoms with Crippen LogP contribution in [-0.2, 0) is 4.79 Å². The Morgan fingerprint density at radius 1 is 1.41 bits per heavy atom. The van der Waals surface area contributed by atoms with Crippen molar-refractivity contribution in [3.63, 3.8) is 0 Å². The molecule has 1 aromatic carbocycles. The lowest BCUT2D eigenvalue weighted by atomic mass is 10.1. The number of nitriles is 1. The minimum absolute atomic E-state index is 0.123. The zero-order chi connectivity index (χ0) is 12.6. The molecule has 0 radical (unpaired) electrons. The predicted octanol–water partition coefficient (Wildman–Crippen LogP) is 3.63. The SMILES string of the molecule is N#CC1CC(=O)N(c2c(Cl)cc(Br)cc2Cl)C1. The first-order valence-electron chi connectivity index (χ1n) is 4.87. The van der Waals surface area contributed by atoms with Crippen molar-refractivity contribution in [2.45, 2.75) is 6.42 Å². The van der Waals surface area contributed by atoms with Gasteiger partial charge >= 0.3 is 0 Å². The van der Waals surface area contributed by atoms with Crippen molar-refractivity contribution in [2.24, 2.45) is 5.92 Å². The number of rotatable bonds is 1. The molecule has 1 aliphatic rings. The van der Waals surface area contributed by atoms with E-state index >= 15 is 0 Å². The Morgan fingerprint density at radius 3 is 2.47 bits per heavy atom. The molecular formula is C11H7BrCl2N2O. The second kappa shape index (κ2) is 4.85. The summed E-state index contributed by atoms with van der Waals surface area (Å²) in [5.74, 6) is -0.416. The van der Waals surface area contributed by atoms with Gasteiger partial charge in [0.05, 0.1) is 27.7 Å². The molecule has 1 heterocycles. The van der Waals surface area contributed by atoms with Gasteiger partial charge in [-0.05, 0) is 12.1 Å². The smallest absolute Gasteiger partial charge is 0.228 e. The van der Waals surface area contributed by atoms with Gasteiger partial charge in [-0.3, -0.25) is 4.79 Å². The highest BCUT2D eigenvalue weighted by molar-refractivity contribution is 9.10. The Bertz CT molecular complexity index is 504. The van der Waals surface area contributed by atoms with Crippen molar-refractivity contribution in [1.29, 1.82) is 5.26 Å². The Morgan fingerprint density at radius 2 is 2.00 bits per heavy atom. The fourth-order valence-electron chi connectivity index (χ4n) is 1.80. The number of benzene rings is 1. The second-order valence-corrected chi connectivity index (χ2v) is 5.48. The van der Waals surface area contributed by atoms with Crippen molar-refractivity contribution in [2.75, 3.05) is 11.4 Å². The zero-order valence-corrected chi connectivity index (χ0v) is 11.7. The molecule has 1 atom stereocenters. The third kappa shape index (κ3) is 2.42. The van der Waals surface area contributed by atoms with Crippen LogP contribution in [0.5, 0.6) is 0 Å². The number of hydrogen-bond donors (Lipinski definition) is 0. The lowest BCUT2D eigenvalue weighted by Gasteiger charge is -2.19. The van der Waals surface area contributed by atoms with E-state index in [1.165, 1.54) is 4.90 Å². The first-order chi connectivity index (χ1) is 8.02. The van der Waals surface area contributed by atoms with E-state index in [0.717, 1.165) is 4.47 Å². The van der Waals surface area contributed by atoms with Gasteiger partial charge < -0.3 is 4.90 Å². The summed E-state index contributed by atoms with van der Waals surface area (Å²) in [6.07, 6.45) is 0.221.